The Bertz CT molecular complexity index is 434. The summed E-state index contributed by atoms with van der Waals surface area (Å²) >= 11 is 5.43. The highest BCUT2D eigenvalue weighted by Crippen LogP contribution is 2.53. The maximum absolute atomic E-state index is 11.4. The molecule has 0 aromatic heterocycles. The van der Waals surface area contributed by atoms with Gasteiger partial charge in [0.2, 0.25) is 0 Å². The number of carbonyl (C=O) groups excluding carboxylic acids is 1. The van der Waals surface area contributed by atoms with Crippen LogP contribution in [-0.4, -0.2) is 20.2 Å². The van der Waals surface area contributed by atoms with Crippen molar-refractivity contribution in [3.63, 3.8) is 0 Å². The minimum absolute atomic E-state index is 0.0505. The van der Waals surface area contributed by atoms with Crippen molar-refractivity contribution in [2.24, 2.45) is 0 Å². The van der Waals surface area contributed by atoms with Crippen LogP contribution in [0.4, 0.5) is 0 Å². The van der Waals surface area contributed by atoms with Crippen LogP contribution in [0.1, 0.15) is 10.4 Å². The molecule has 0 saturated carbocycles. The fourth-order valence-corrected chi connectivity index (χ4v) is 1.67. The lowest BCUT2D eigenvalue weighted by atomic mass is 10.2. The second-order valence-corrected chi connectivity index (χ2v) is 5.34. The highest BCUT2D eigenvalue weighted by atomic mass is 35.7. The van der Waals surface area contributed by atoms with Gasteiger partial charge in [-0.3, -0.25) is 4.52 Å². The van der Waals surface area contributed by atoms with Gasteiger partial charge in [0, 0.05) is 18.4 Å². The van der Waals surface area contributed by atoms with Gasteiger partial charge in [0.05, 0.1) is 7.11 Å². The van der Waals surface area contributed by atoms with Crippen LogP contribution in [0.3, 0.4) is 0 Å². The lowest BCUT2D eigenvalue weighted by Gasteiger charge is -2.12. The first-order valence-electron chi connectivity index (χ1n) is 4.22. The molecule has 0 spiro atoms. The quantitative estimate of drug-likeness (QED) is 0.618. The number of carbonyl (C=O) groups is 1. The summed E-state index contributed by atoms with van der Waals surface area (Å²) in [4.78, 5) is 11.3. The van der Waals surface area contributed by atoms with Crippen molar-refractivity contribution in [2.75, 3.05) is 14.2 Å². The highest BCUT2D eigenvalue weighted by molar-refractivity contribution is 7.81. The first kappa shape index (κ1) is 13.0. The van der Waals surface area contributed by atoms with Gasteiger partial charge in [-0.1, -0.05) is 12.1 Å². The lowest BCUT2D eigenvalue weighted by Crippen LogP contribution is -2.04. The van der Waals surface area contributed by atoms with Gasteiger partial charge in [0.25, 0.3) is 0 Å². The molecule has 0 amide bonds. The molecule has 1 aromatic carbocycles. The third-order valence-corrected chi connectivity index (χ3v) is 3.19. The Morgan fingerprint density at radius 2 is 1.94 bits per heavy atom. The Hall–Kier alpha value is -1.03. The van der Waals surface area contributed by atoms with E-state index in [9.17, 15) is 9.36 Å². The molecule has 1 aromatic rings. The molecule has 1 rings (SSSR count). The van der Waals surface area contributed by atoms with E-state index in [4.69, 9.17) is 15.8 Å². The lowest BCUT2D eigenvalue weighted by molar-refractivity contribution is 0.0598. The summed E-state index contributed by atoms with van der Waals surface area (Å²) in [5.41, 5.74) is 0.128. The van der Waals surface area contributed by atoms with E-state index < -0.39 is 12.9 Å². The van der Waals surface area contributed by atoms with E-state index >= 15 is 0 Å². The standard InChI is InChI=1S/C9H10ClO5P/c1-13-9(11)7-5-3-4-6-8(7)15-16(10,12)14-2/h3-6H,1-2H3. The molecule has 0 saturated heterocycles. The molecule has 1 atom stereocenters. The second-order valence-electron chi connectivity index (χ2n) is 2.69. The molecule has 5 nitrogen and oxygen atoms in total. The maximum Gasteiger partial charge on any atom is 0.476 e. The SMILES string of the molecule is COC(=O)c1ccccc1OP(=O)(Cl)OC. The molecular weight excluding hydrogens is 255 g/mol. The molecule has 0 bridgehead atoms. The molecule has 0 aliphatic heterocycles. The molecule has 16 heavy (non-hydrogen) atoms. The molecule has 0 heterocycles. The van der Waals surface area contributed by atoms with Gasteiger partial charge in [-0.2, -0.15) is 0 Å². The van der Waals surface area contributed by atoms with E-state index in [0.29, 0.717) is 0 Å². The Morgan fingerprint density at radius 1 is 1.31 bits per heavy atom. The summed E-state index contributed by atoms with van der Waals surface area (Å²) in [5, 5.41) is 0. The van der Waals surface area contributed by atoms with Crippen molar-refractivity contribution in [3.8, 4) is 5.75 Å². The molecular formula is C9H10ClO5P. The summed E-state index contributed by atoms with van der Waals surface area (Å²) in [5.74, 6) is -0.557. The number of hydrogen-bond donors (Lipinski definition) is 0. The van der Waals surface area contributed by atoms with Gasteiger partial charge in [-0.25, -0.2) is 9.36 Å². The molecule has 1 unspecified atom stereocenters. The van der Waals surface area contributed by atoms with E-state index in [1.165, 1.54) is 19.2 Å². The Morgan fingerprint density at radius 3 is 2.50 bits per heavy atom. The number of benzene rings is 1. The topological polar surface area (TPSA) is 61.8 Å². The zero-order valence-corrected chi connectivity index (χ0v) is 10.3. The monoisotopic (exact) mass is 264 g/mol. The number of ether oxygens (including phenoxy) is 1. The van der Waals surface area contributed by atoms with Crippen LogP contribution in [0, 0.1) is 0 Å². The van der Waals surface area contributed by atoms with Crippen molar-refractivity contribution >= 4 is 24.2 Å². The minimum atomic E-state index is -3.71. The smallest absolute Gasteiger partial charge is 0.465 e. The maximum atomic E-state index is 11.4. The second kappa shape index (κ2) is 5.34. The summed E-state index contributed by atoms with van der Waals surface area (Å²) in [7, 11) is 2.38. The summed E-state index contributed by atoms with van der Waals surface area (Å²) < 4.78 is 25.3. The van der Waals surface area contributed by atoms with Gasteiger partial charge >= 0.3 is 12.9 Å². The first-order chi connectivity index (χ1) is 7.50. The Kier molecular flexibility index (Phi) is 4.35. The number of para-hydroxylation sites is 1. The molecule has 0 radical (unpaired) electrons. The fraction of sp³-hybridized carbons (Fsp3) is 0.222. The van der Waals surface area contributed by atoms with Crippen LogP contribution in [-0.2, 0) is 13.8 Å². The average molecular weight is 265 g/mol. The van der Waals surface area contributed by atoms with Crippen molar-refractivity contribution in [3.05, 3.63) is 29.8 Å². The zero-order chi connectivity index (χ0) is 12.2. The van der Waals surface area contributed by atoms with Crippen LogP contribution in [0.5, 0.6) is 5.75 Å². The van der Waals surface area contributed by atoms with E-state index in [-0.39, 0.29) is 11.3 Å². The van der Waals surface area contributed by atoms with Gasteiger partial charge in [0.15, 0.2) is 0 Å². The van der Waals surface area contributed by atoms with Crippen molar-refractivity contribution in [2.45, 2.75) is 0 Å². The third-order valence-electron chi connectivity index (χ3n) is 1.72. The number of halogens is 1. The van der Waals surface area contributed by atoms with Gasteiger partial charge in [0.1, 0.15) is 11.3 Å². The van der Waals surface area contributed by atoms with Crippen molar-refractivity contribution < 1.29 is 23.1 Å². The average Bonchev–Trinajstić information content (AvgIpc) is 2.28. The number of rotatable bonds is 4. The van der Waals surface area contributed by atoms with E-state index in [2.05, 4.69) is 9.26 Å². The number of methoxy groups -OCH3 is 1. The van der Waals surface area contributed by atoms with Gasteiger partial charge < -0.3 is 9.26 Å². The van der Waals surface area contributed by atoms with Gasteiger partial charge in [-0.15, -0.1) is 0 Å². The third kappa shape index (κ3) is 3.23. The summed E-state index contributed by atoms with van der Waals surface area (Å²) in [6, 6.07) is 6.13. The molecule has 0 aliphatic carbocycles. The van der Waals surface area contributed by atoms with Crippen LogP contribution in [0.2, 0.25) is 0 Å². The summed E-state index contributed by atoms with van der Waals surface area (Å²) in [6.45, 7) is -3.71. The van der Waals surface area contributed by atoms with Crippen LogP contribution in [0.15, 0.2) is 24.3 Å². The molecule has 88 valence electrons. The van der Waals surface area contributed by atoms with Gasteiger partial charge in [-0.05, 0) is 12.1 Å². The van der Waals surface area contributed by atoms with Crippen molar-refractivity contribution in [1.29, 1.82) is 0 Å². The predicted molar refractivity (Wildman–Crippen MR) is 58.9 cm³/mol. The van der Waals surface area contributed by atoms with E-state index in [0.717, 1.165) is 7.11 Å². The summed E-state index contributed by atoms with van der Waals surface area (Å²) in [6.07, 6.45) is 0. The zero-order valence-electron chi connectivity index (χ0n) is 8.68. The van der Waals surface area contributed by atoms with Crippen LogP contribution < -0.4 is 4.52 Å². The number of esters is 1. The predicted octanol–water partition coefficient (Wildman–Crippen LogP) is 2.85. The molecule has 0 N–H and O–H groups in total. The molecule has 7 heteroatoms. The van der Waals surface area contributed by atoms with Crippen molar-refractivity contribution in [1.82, 2.24) is 0 Å². The number of hydrogen-bond acceptors (Lipinski definition) is 5. The van der Waals surface area contributed by atoms with E-state index in [1.807, 2.05) is 0 Å². The van der Waals surface area contributed by atoms with Crippen LogP contribution >= 0.6 is 18.2 Å². The fourth-order valence-electron chi connectivity index (χ4n) is 0.980. The van der Waals surface area contributed by atoms with Crippen LogP contribution in [0.25, 0.3) is 0 Å². The Balaban J connectivity index is 3.05. The normalized spacial score (nSPS) is 13.9. The Labute approximate surface area is 97.6 Å². The molecule has 0 fully saturated rings. The molecule has 0 aliphatic rings. The largest absolute Gasteiger partial charge is 0.476 e. The highest BCUT2D eigenvalue weighted by Gasteiger charge is 2.23. The minimum Gasteiger partial charge on any atom is -0.465 e. The first-order valence-corrected chi connectivity index (χ1v) is 6.67. The van der Waals surface area contributed by atoms with E-state index in [1.54, 1.807) is 12.1 Å².